The van der Waals surface area contributed by atoms with Gasteiger partial charge in [-0.05, 0) is 11.8 Å². The second-order valence-electron chi connectivity index (χ2n) is 4.49. The molecule has 1 aromatic heterocycles. The van der Waals surface area contributed by atoms with E-state index in [9.17, 15) is 4.79 Å². The van der Waals surface area contributed by atoms with E-state index in [4.69, 9.17) is 5.11 Å². The summed E-state index contributed by atoms with van der Waals surface area (Å²) in [4.78, 5) is 18.4. The number of carboxylic acids is 1. The fourth-order valence-corrected chi connectivity index (χ4v) is 1.38. The quantitative estimate of drug-likeness (QED) is 0.783. The van der Waals surface area contributed by atoms with Gasteiger partial charge in [-0.25, -0.2) is 14.8 Å². The molecule has 0 aromatic carbocycles. The van der Waals surface area contributed by atoms with E-state index in [0.29, 0.717) is 17.4 Å². The van der Waals surface area contributed by atoms with Crippen molar-refractivity contribution in [3.8, 4) is 0 Å². The smallest absolute Gasteiger partial charge is 0.338 e. The molecule has 1 fully saturated rings. The van der Waals surface area contributed by atoms with E-state index in [0.717, 1.165) is 6.42 Å². The van der Waals surface area contributed by atoms with E-state index >= 15 is 0 Å². The number of carbonyl (C=O) groups is 1. The highest BCUT2D eigenvalue weighted by Crippen LogP contribution is 2.46. The highest BCUT2D eigenvalue weighted by atomic mass is 16.4. The summed E-state index contributed by atoms with van der Waals surface area (Å²) in [6.07, 6.45) is 3.72. The molecule has 1 heterocycles. The normalized spacial score (nSPS) is 22.1. The second-order valence-corrected chi connectivity index (χ2v) is 4.49. The summed E-state index contributed by atoms with van der Waals surface area (Å²) in [5, 5.41) is 11.8. The van der Waals surface area contributed by atoms with Crippen molar-refractivity contribution in [3.63, 3.8) is 0 Å². The summed E-state index contributed by atoms with van der Waals surface area (Å²) in [5.41, 5.74) is 0.407. The first kappa shape index (κ1) is 9.89. The molecule has 1 aliphatic rings. The molecule has 2 rings (SSSR count). The minimum Gasteiger partial charge on any atom is -0.478 e. The van der Waals surface area contributed by atoms with Crippen molar-refractivity contribution < 1.29 is 9.90 Å². The molecule has 5 nitrogen and oxygen atoms in total. The van der Waals surface area contributed by atoms with Gasteiger partial charge < -0.3 is 10.4 Å². The van der Waals surface area contributed by atoms with Crippen molar-refractivity contribution in [1.29, 1.82) is 0 Å². The second kappa shape index (κ2) is 3.18. The molecule has 1 atom stereocenters. The predicted octanol–water partition coefficient (Wildman–Crippen LogP) is 1.39. The molecule has 2 N–H and O–H groups in total. The summed E-state index contributed by atoms with van der Waals surface area (Å²) >= 11 is 0. The van der Waals surface area contributed by atoms with Crippen molar-refractivity contribution in [2.75, 3.05) is 5.32 Å². The van der Waals surface area contributed by atoms with Gasteiger partial charge in [0.05, 0.1) is 5.56 Å². The number of hydrogen-bond donors (Lipinski definition) is 2. The van der Waals surface area contributed by atoms with Gasteiger partial charge in [-0.15, -0.1) is 0 Å². The van der Waals surface area contributed by atoms with Crippen LogP contribution in [0.5, 0.6) is 0 Å². The Hall–Kier alpha value is -1.65. The molecule has 15 heavy (non-hydrogen) atoms. The number of anilines is 1. The van der Waals surface area contributed by atoms with E-state index in [1.807, 2.05) is 0 Å². The first-order valence-corrected chi connectivity index (χ1v) is 4.81. The highest BCUT2D eigenvalue weighted by Gasteiger charge is 2.46. The lowest BCUT2D eigenvalue weighted by molar-refractivity contribution is 0.0696. The van der Waals surface area contributed by atoms with Gasteiger partial charge in [0.25, 0.3) is 0 Å². The molecule has 5 heteroatoms. The van der Waals surface area contributed by atoms with Gasteiger partial charge >= 0.3 is 5.97 Å². The lowest BCUT2D eigenvalue weighted by Gasteiger charge is -2.05. The maximum Gasteiger partial charge on any atom is 0.338 e. The molecule has 0 aliphatic heterocycles. The molecule has 0 unspecified atom stereocenters. The largest absolute Gasteiger partial charge is 0.478 e. The fraction of sp³-hybridized carbons (Fsp3) is 0.500. The molecule has 0 radical (unpaired) electrons. The van der Waals surface area contributed by atoms with E-state index in [2.05, 4.69) is 29.1 Å². The molecule has 0 amide bonds. The van der Waals surface area contributed by atoms with Gasteiger partial charge in [0.1, 0.15) is 0 Å². The third-order valence-corrected chi connectivity index (χ3v) is 2.72. The van der Waals surface area contributed by atoms with Crippen LogP contribution in [0.2, 0.25) is 0 Å². The Morgan fingerprint density at radius 3 is 2.47 bits per heavy atom. The topological polar surface area (TPSA) is 75.1 Å². The van der Waals surface area contributed by atoms with Crippen molar-refractivity contribution >= 4 is 11.9 Å². The van der Waals surface area contributed by atoms with Gasteiger partial charge in [-0.3, -0.25) is 0 Å². The van der Waals surface area contributed by atoms with Crippen LogP contribution in [0.4, 0.5) is 5.95 Å². The van der Waals surface area contributed by atoms with Crippen molar-refractivity contribution in [2.24, 2.45) is 5.41 Å². The molecule has 1 saturated carbocycles. The zero-order valence-corrected chi connectivity index (χ0v) is 8.69. The van der Waals surface area contributed by atoms with Crippen LogP contribution in [0, 0.1) is 5.41 Å². The van der Waals surface area contributed by atoms with E-state index < -0.39 is 5.97 Å². The molecular formula is C10H13N3O2. The summed E-state index contributed by atoms with van der Waals surface area (Å²) in [6.45, 7) is 4.33. The first-order chi connectivity index (χ1) is 6.99. The third kappa shape index (κ3) is 2.06. The average molecular weight is 207 g/mol. The Balaban J connectivity index is 2.02. The maximum atomic E-state index is 10.5. The molecule has 1 aliphatic carbocycles. The van der Waals surface area contributed by atoms with Crippen molar-refractivity contribution in [2.45, 2.75) is 26.3 Å². The zero-order valence-electron chi connectivity index (χ0n) is 8.69. The molecule has 0 saturated heterocycles. The number of rotatable bonds is 3. The zero-order chi connectivity index (χ0) is 11.1. The molecular weight excluding hydrogens is 194 g/mol. The summed E-state index contributed by atoms with van der Waals surface area (Å²) in [5.74, 6) is -0.510. The number of carboxylic acid groups (broad SMARTS) is 1. The molecule has 80 valence electrons. The van der Waals surface area contributed by atoms with Crippen LogP contribution in [-0.4, -0.2) is 27.1 Å². The predicted molar refractivity (Wildman–Crippen MR) is 54.8 cm³/mol. The van der Waals surface area contributed by atoms with Crippen LogP contribution < -0.4 is 5.32 Å². The summed E-state index contributed by atoms with van der Waals surface area (Å²) in [6, 6.07) is 0.396. The van der Waals surface area contributed by atoms with E-state index in [1.54, 1.807) is 0 Å². The van der Waals surface area contributed by atoms with Gasteiger partial charge in [0.15, 0.2) is 0 Å². The third-order valence-electron chi connectivity index (χ3n) is 2.72. The van der Waals surface area contributed by atoms with Crippen molar-refractivity contribution in [3.05, 3.63) is 18.0 Å². The summed E-state index contributed by atoms with van der Waals surface area (Å²) < 4.78 is 0. The lowest BCUT2D eigenvalue weighted by Crippen LogP contribution is -2.11. The number of hydrogen-bond acceptors (Lipinski definition) is 4. The molecule has 1 aromatic rings. The Kier molecular flexibility index (Phi) is 2.10. The monoisotopic (exact) mass is 207 g/mol. The first-order valence-electron chi connectivity index (χ1n) is 4.81. The van der Waals surface area contributed by atoms with Crippen LogP contribution in [0.25, 0.3) is 0 Å². The van der Waals surface area contributed by atoms with Gasteiger partial charge in [-0.1, -0.05) is 13.8 Å². The Labute approximate surface area is 87.6 Å². The lowest BCUT2D eigenvalue weighted by atomic mass is 10.2. The van der Waals surface area contributed by atoms with Crippen LogP contribution in [0.15, 0.2) is 12.4 Å². The van der Waals surface area contributed by atoms with Gasteiger partial charge in [0.2, 0.25) is 5.95 Å². The minimum atomic E-state index is -1.01. The van der Waals surface area contributed by atoms with Crippen LogP contribution >= 0.6 is 0 Å². The van der Waals surface area contributed by atoms with E-state index in [1.165, 1.54) is 12.4 Å². The Morgan fingerprint density at radius 2 is 2.07 bits per heavy atom. The fourth-order valence-electron chi connectivity index (χ4n) is 1.38. The maximum absolute atomic E-state index is 10.5. The SMILES string of the molecule is CC1(C)C[C@@H]1Nc1ncc(C(=O)O)cn1. The van der Waals surface area contributed by atoms with Crippen LogP contribution in [-0.2, 0) is 0 Å². The average Bonchev–Trinajstić information content (AvgIpc) is 2.74. The van der Waals surface area contributed by atoms with Crippen LogP contribution in [0.1, 0.15) is 30.6 Å². The van der Waals surface area contributed by atoms with Gasteiger partial charge in [0, 0.05) is 18.4 Å². The number of aromatic nitrogens is 2. The van der Waals surface area contributed by atoms with Crippen LogP contribution in [0.3, 0.4) is 0 Å². The van der Waals surface area contributed by atoms with Crippen molar-refractivity contribution in [1.82, 2.24) is 9.97 Å². The molecule has 0 bridgehead atoms. The van der Waals surface area contributed by atoms with Gasteiger partial charge in [-0.2, -0.15) is 0 Å². The minimum absolute atomic E-state index is 0.107. The summed E-state index contributed by atoms with van der Waals surface area (Å²) in [7, 11) is 0. The number of nitrogens with one attached hydrogen (secondary N) is 1. The number of aromatic carboxylic acids is 1. The Bertz CT molecular complexity index is 386. The highest BCUT2D eigenvalue weighted by molar-refractivity contribution is 5.86. The number of nitrogens with zero attached hydrogens (tertiary/aromatic N) is 2. The standard InChI is InChI=1S/C10H13N3O2/c1-10(2)3-7(10)13-9-11-4-6(5-12-9)8(14)15/h4-5,7H,3H2,1-2H3,(H,14,15)(H,11,12,13)/t7-/m0/s1. The molecule has 0 spiro atoms. The Morgan fingerprint density at radius 1 is 1.53 bits per heavy atom. The van der Waals surface area contributed by atoms with E-state index in [-0.39, 0.29) is 5.56 Å².